The summed E-state index contributed by atoms with van der Waals surface area (Å²) in [6.45, 7) is 3.44. The van der Waals surface area contributed by atoms with Crippen LogP contribution in [0.1, 0.15) is 75.8 Å². The van der Waals surface area contributed by atoms with E-state index < -0.39 is 0 Å². The lowest BCUT2D eigenvalue weighted by atomic mass is 9.96. The molecule has 0 aromatic heterocycles. The molecule has 0 spiro atoms. The Labute approximate surface area is 125 Å². The van der Waals surface area contributed by atoms with Gasteiger partial charge in [0, 0.05) is 12.2 Å². The highest BCUT2D eigenvalue weighted by Crippen LogP contribution is 2.27. The molecule has 0 aliphatic carbocycles. The lowest BCUT2D eigenvalue weighted by Gasteiger charge is -2.21. The van der Waals surface area contributed by atoms with Gasteiger partial charge in [-0.3, -0.25) is 0 Å². The van der Waals surface area contributed by atoms with E-state index in [-0.39, 0.29) is 0 Å². The number of anilines is 1. The van der Waals surface area contributed by atoms with E-state index in [9.17, 15) is 0 Å². The largest absolute Gasteiger partial charge is 0.385 e. The van der Waals surface area contributed by atoms with Crippen molar-refractivity contribution in [1.29, 1.82) is 0 Å². The summed E-state index contributed by atoms with van der Waals surface area (Å²) in [7, 11) is 0. The fraction of sp³-hybridized carbons (Fsp3) is 0.684. The molecular formula is C19H31N. The first-order chi connectivity index (χ1) is 9.92. The minimum Gasteiger partial charge on any atom is -0.385 e. The standard InChI is InChI=1S/C19H31N/c1-2-3-4-5-6-7-8-9-12-17-13-10-14-18-15-11-16-20-19(17)18/h10,13-14,20H,2-9,11-12,15-16H2,1H3. The average molecular weight is 273 g/mol. The van der Waals surface area contributed by atoms with Crippen LogP contribution in [0.15, 0.2) is 18.2 Å². The molecule has 1 aliphatic heterocycles. The molecule has 1 aromatic carbocycles. The number of benzene rings is 1. The van der Waals surface area contributed by atoms with Gasteiger partial charge in [-0.15, -0.1) is 0 Å². The van der Waals surface area contributed by atoms with Crippen LogP contribution in [0.4, 0.5) is 5.69 Å². The van der Waals surface area contributed by atoms with Crippen molar-refractivity contribution in [2.24, 2.45) is 0 Å². The molecule has 20 heavy (non-hydrogen) atoms. The highest BCUT2D eigenvalue weighted by atomic mass is 14.9. The fourth-order valence-corrected chi connectivity index (χ4v) is 3.24. The SMILES string of the molecule is CCCCCCCCCCc1cccc2c1NCCC2. The molecule has 1 heteroatoms. The van der Waals surface area contributed by atoms with Gasteiger partial charge >= 0.3 is 0 Å². The maximum atomic E-state index is 3.61. The molecule has 1 aromatic rings. The zero-order valence-corrected chi connectivity index (χ0v) is 13.2. The zero-order chi connectivity index (χ0) is 14.0. The van der Waals surface area contributed by atoms with Crippen molar-refractivity contribution in [3.8, 4) is 0 Å². The van der Waals surface area contributed by atoms with E-state index >= 15 is 0 Å². The summed E-state index contributed by atoms with van der Waals surface area (Å²) in [4.78, 5) is 0. The molecule has 0 unspecified atom stereocenters. The van der Waals surface area contributed by atoms with Crippen molar-refractivity contribution in [2.75, 3.05) is 11.9 Å². The summed E-state index contributed by atoms with van der Waals surface area (Å²) in [5.41, 5.74) is 4.54. The monoisotopic (exact) mass is 273 g/mol. The Morgan fingerprint density at radius 3 is 2.50 bits per heavy atom. The Morgan fingerprint density at radius 1 is 0.950 bits per heavy atom. The number of aryl methyl sites for hydroxylation is 2. The zero-order valence-electron chi connectivity index (χ0n) is 13.2. The highest BCUT2D eigenvalue weighted by Gasteiger charge is 2.11. The van der Waals surface area contributed by atoms with Gasteiger partial charge in [0.15, 0.2) is 0 Å². The molecule has 0 radical (unpaired) electrons. The van der Waals surface area contributed by atoms with Gasteiger partial charge in [-0.2, -0.15) is 0 Å². The average Bonchev–Trinajstić information content (AvgIpc) is 2.50. The van der Waals surface area contributed by atoms with E-state index in [4.69, 9.17) is 0 Å². The van der Waals surface area contributed by atoms with Gasteiger partial charge < -0.3 is 5.32 Å². The second kappa shape index (κ2) is 9.05. The molecule has 112 valence electrons. The van der Waals surface area contributed by atoms with E-state index in [0.29, 0.717) is 0 Å². The van der Waals surface area contributed by atoms with Crippen LogP contribution in [0, 0.1) is 0 Å². The molecule has 1 nitrogen and oxygen atoms in total. The second-order valence-electron chi connectivity index (χ2n) is 6.21. The van der Waals surface area contributed by atoms with Gasteiger partial charge in [0.1, 0.15) is 0 Å². The van der Waals surface area contributed by atoms with Gasteiger partial charge in [-0.05, 0) is 36.8 Å². The number of rotatable bonds is 9. The topological polar surface area (TPSA) is 12.0 Å². The summed E-state index contributed by atoms with van der Waals surface area (Å²) in [5, 5.41) is 3.61. The minimum atomic E-state index is 1.15. The summed E-state index contributed by atoms with van der Waals surface area (Å²) in [5.74, 6) is 0. The van der Waals surface area contributed by atoms with Crippen LogP contribution in [0.25, 0.3) is 0 Å². The second-order valence-corrected chi connectivity index (χ2v) is 6.21. The molecule has 0 fully saturated rings. The minimum absolute atomic E-state index is 1.15. The summed E-state index contributed by atoms with van der Waals surface area (Å²) >= 11 is 0. The van der Waals surface area contributed by atoms with E-state index in [1.807, 2.05) is 0 Å². The Hall–Kier alpha value is -0.980. The number of hydrogen-bond donors (Lipinski definition) is 1. The van der Waals surface area contributed by atoms with Crippen LogP contribution in [0.5, 0.6) is 0 Å². The predicted octanol–water partition coefficient (Wildman–Crippen LogP) is 5.73. The lowest BCUT2D eigenvalue weighted by molar-refractivity contribution is 0.575. The maximum absolute atomic E-state index is 3.61. The number of unbranched alkanes of at least 4 members (excludes halogenated alkanes) is 7. The van der Waals surface area contributed by atoms with Crippen molar-refractivity contribution >= 4 is 5.69 Å². The third kappa shape index (κ3) is 4.85. The van der Waals surface area contributed by atoms with E-state index in [1.54, 1.807) is 5.56 Å². The Kier molecular flexibility index (Phi) is 6.97. The number of fused-ring (bicyclic) bond motifs is 1. The third-order valence-electron chi connectivity index (χ3n) is 4.46. The first kappa shape index (κ1) is 15.4. The molecule has 0 bridgehead atoms. The maximum Gasteiger partial charge on any atom is 0.0405 e. The van der Waals surface area contributed by atoms with Crippen molar-refractivity contribution in [3.05, 3.63) is 29.3 Å². The molecule has 0 amide bonds. The van der Waals surface area contributed by atoms with Crippen molar-refractivity contribution in [2.45, 2.75) is 77.6 Å². The van der Waals surface area contributed by atoms with Crippen LogP contribution in [-0.2, 0) is 12.8 Å². The predicted molar refractivity (Wildman–Crippen MR) is 89.6 cm³/mol. The van der Waals surface area contributed by atoms with Gasteiger partial charge in [0.05, 0.1) is 0 Å². The van der Waals surface area contributed by atoms with Crippen molar-refractivity contribution in [1.82, 2.24) is 0 Å². The first-order valence-corrected chi connectivity index (χ1v) is 8.76. The molecule has 1 heterocycles. The van der Waals surface area contributed by atoms with Gasteiger partial charge in [-0.1, -0.05) is 70.1 Å². The van der Waals surface area contributed by atoms with Crippen LogP contribution in [-0.4, -0.2) is 6.54 Å². The Balaban J connectivity index is 1.64. The van der Waals surface area contributed by atoms with Gasteiger partial charge in [0.25, 0.3) is 0 Å². The fourth-order valence-electron chi connectivity index (χ4n) is 3.24. The molecule has 0 saturated heterocycles. The van der Waals surface area contributed by atoms with E-state index in [1.165, 1.54) is 81.9 Å². The summed E-state index contributed by atoms with van der Waals surface area (Å²) < 4.78 is 0. The Morgan fingerprint density at radius 2 is 1.70 bits per heavy atom. The highest BCUT2D eigenvalue weighted by molar-refractivity contribution is 5.59. The molecule has 2 rings (SSSR count). The molecular weight excluding hydrogens is 242 g/mol. The van der Waals surface area contributed by atoms with Crippen molar-refractivity contribution < 1.29 is 0 Å². The van der Waals surface area contributed by atoms with E-state index in [0.717, 1.165) is 6.54 Å². The van der Waals surface area contributed by atoms with Crippen LogP contribution in [0.3, 0.4) is 0 Å². The number of para-hydroxylation sites is 1. The van der Waals surface area contributed by atoms with Crippen LogP contribution >= 0.6 is 0 Å². The van der Waals surface area contributed by atoms with Crippen LogP contribution < -0.4 is 5.32 Å². The van der Waals surface area contributed by atoms with Gasteiger partial charge in [0.2, 0.25) is 0 Å². The lowest BCUT2D eigenvalue weighted by Crippen LogP contribution is -2.13. The third-order valence-corrected chi connectivity index (χ3v) is 4.46. The first-order valence-electron chi connectivity index (χ1n) is 8.76. The number of nitrogens with one attached hydrogen (secondary N) is 1. The summed E-state index contributed by atoms with van der Waals surface area (Å²) in [6, 6.07) is 6.85. The van der Waals surface area contributed by atoms with Gasteiger partial charge in [-0.25, -0.2) is 0 Å². The van der Waals surface area contributed by atoms with Crippen molar-refractivity contribution in [3.63, 3.8) is 0 Å². The molecule has 1 N–H and O–H groups in total. The number of hydrogen-bond acceptors (Lipinski definition) is 1. The smallest absolute Gasteiger partial charge is 0.0405 e. The molecule has 0 saturated carbocycles. The molecule has 1 aliphatic rings. The molecule has 0 atom stereocenters. The normalized spacial score (nSPS) is 13.8. The quantitative estimate of drug-likeness (QED) is 0.567. The van der Waals surface area contributed by atoms with E-state index in [2.05, 4.69) is 30.4 Å². The van der Waals surface area contributed by atoms with Crippen LogP contribution in [0.2, 0.25) is 0 Å². The summed E-state index contributed by atoms with van der Waals surface area (Å²) in [6.07, 6.45) is 15.1. The Bertz CT molecular complexity index is 383.